The highest BCUT2D eigenvalue weighted by Gasteiger charge is 2.41. The summed E-state index contributed by atoms with van der Waals surface area (Å²) in [6.45, 7) is 6.93. The average Bonchev–Trinajstić information content (AvgIpc) is 2.74. The largest absolute Gasteiger partial charge is 0.424 e. The summed E-state index contributed by atoms with van der Waals surface area (Å²) in [5.74, 6) is -3.21. The van der Waals surface area contributed by atoms with E-state index in [0.717, 1.165) is 30.9 Å². The molecule has 1 atom stereocenters. The van der Waals surface area contributed by atoms with Crippen molar-refractivity contribution in [1.82, 2.24) is 0 Å². The molecule has 2 amide bonds. The summed E-state index contributed by atoms with van der Waals surface area (Å²) in [5, 5.41) is 13.2. The summed E-state index contributed by atoms with van der Waals surface area (Å²) in [6, 6.07) is 4.06. The predicted octanol–water partition coefficient (Wildman–Crippen LogP) is 5.46. The maximum absolute atomic E-state index is 13.4. The van der Waals surface area contributed by atoms with Crippen LogP contribution < -0.4 is 15.0 Å². The molecule has 192 valence electrons. The second kappa shape index (κ2) is 11.2. The third-order valence-corrected chi connectivity index (χ3v) is 5.65. The molecule has 0 aliphatic rings. The quantitative estimate of drug-likeness (QED) is 0.157. The number of halogens is 3. The number of nitro benzene ring substituents is 1. The number of ketones is 1. The lowest BCUT2D eigenvalue weighted by molar-refractivity contribution is -0.384. The molecule has 36 heavy (non-hydrogen) atoms. The zero-order valence-corrected chi connectivity index (χ0v) is 22.1. The molecular weight excluding hydrogens is 537 g/mol. The fourth-order valence-electron chi connectivity index (χ4n) is 3.13. The topological polar surface area (TPSA) is 136 Å². The molecule has 1 unspecified atom stereocenters. The summed E-state index contributed by atoms with van der Waals surface area (Å²) >= 11 is 18.5. The molecule has 0 fully saturated rings. The molecule has 2 rings (SSSR count). The highest BCUT2D eigenvalue weighted by molar-refractivity contribution is 6.38. The van der Waals surface area contributed by atoms with Crippen molar-refractivity contribution in [3.05, 3.63) is 55.5 Å². The first-order valence-electron chi connectivity index (χ1n) is 10.3. The summed E-state index contributed by atoms with van der Waals surface area (Å²) in [5.41, 5.74) is -1.62. The average molecular weight is 559 g/mol. The minimum Gasteiger partial charge on any atom is -0.424 e. The fraction of sp³-hybridized carbons (Fsp3) is 0.304. The van der Waals surface area contributed by atoms with Crippen LogP contribution in [0.25, 0.3) is 0 Å². The van der Waals surface area contributed by atoms with Crippen molar-refractivity contribution in [1.29, 1.82) is 0 Å². The number of Topliss-reactive ketones (excluding diaryl/α,β-unsaturated/α-hetero) is 1. The van der Waals surface area contributed by atoms with Gasteiger partial charge in [0.1, 0.15) is 0 Å². The SMILES string of the molecule is CC(=O)Oc1c(Cl)cc(N(C(C)=O)C(C(=O)Nc2cc([N+](=O)[O-])ccc2Cl)C(=O)C(C)(C)C)cc1Cl. The number of carbonyl (C=O) groups excluding carboxylic acids is 4. The molecule has 10 nitrogen and oxygen atoms in total. The van der Waals surface area contributed by atoms with Gasteiger partial charge in [0.25, 0.3) is 11.6 Å². The van der Waals surface area contributed by atoms with E-state index in [9.17, 15) is 29.3 Å². The van der Waals surface area contributed by atoms with Gasteiger partial charge in [0.15, 0.2) is 17.6 Å². The molecule has 0 bridgehead atoms. The van der Waals surface area contributed by atoms with Crippen LogP contribution in [0.2, 0.25) is 15.1 Å². The standard InChI is InChI=1S/C23H22Cl3N3O7/c1-11(30)28(14-8-16(25)20(17(26)9-14)36-12(2)31)19(21(32)23(3,4)5)22(33)27-18-10-13(29(34)35)6-7-15(18)24/h6-10,19H,1-5H3,(H,27,33). The minimum absolute atomic E-state index is 0.0258. The number of ether oxygens (including phenoxy) is 1. The van der Waals surface area contributed by atoms with Crippen LogP contribution in [0.5, 0.6) is 5.75 Å². The molecule has 0 saturated carbocycles. The Hall–Kier alpha value is -3.21. The third-order valence-electron chi connectivity index (χ3n) is 4.76. The Morgan fingerprint density at radius 1 is 1.00 bits per heavy atom. The number of nitrogens with one attached hydrogen (secondary N) is 1. The van der Waals surface area contributed by atoms with E-state index in [-0.39, 0.29) is 37.9 Å². The van der Waals surface area contributed by atoms with Gasteiger partial charge in [-0.3, -0.25) is 34.2 Å². The van der Waals surface area contributed by atoms with Crippen LogP contribution in [0.15, 0.2) is 30.3 Å². The van der Waals surface area contributed by atoms with Crippen LogP contribution >= 0.6 is 34.8 Å². The van der Waals surface area contributed by atoms with Crippen LogP contribution in [0.1, 0.15) is 34.6 Å². The van der Waals surface area contributed by atoms with Gasteiger partial charge in [-0.1, -0.05) is 55.6 Å². The summed E-state index contributed by atoms with van der Waals surface area (Å²) < 4.78 is 4.98. The summed E-state index contributed by atoms with van der Waals surface area (Å²) in [4.78, 5) is 62.4. The first-order chi connectivity index (χ1) is 16.5. The van der Waals surface area contributed by atoms with Crippen molar-refractivity contribution in [2.45, 2.75) is 40.7 Å². The second-order valence-corrected chi connectivity index (χ2v) is 9.87. The number of nitrogens with zero attached hydrogens (tertiary/aromatic N) is 2. The van der Waals surface area contributed by atoms with Gasteiger partial charge in [-0.2, -0.15) is 0 Å². The Labute approximate surface area is 221 Å². The minimum atomic E-state index is -1.75. The van der Waals surface area contributed by atoms with Crippen molar-refractivity contribution < 1.29 is 28.8 Å². The molecule has 2 aromatic rings. The van der Waals surface area contributed by atoms with Crippen LogP contribution in [0, 0.1) is 15.5 Å². The van der Waals surface area contributed by atoms with Crippen LogP contribution in [0.3, 0.4) is 0 Å². The molecule has 0 saturated heterocycles. The van der Waals surface area contributed by atoms with E-state index >= 15 is 0 Å². The van der Waals surface area contributed by atoms with E-state index in [1.165, 1.54) is 18.2 Å². The van der Waals surface area contributed by atoms with Gasteiger partial charge in [-0.05, 0) is 18.2 Å². The van der Waals surface area contributed by atoms with Gasteiger partial charge in [0.05, 0.1) is 25.7 Å². The number of esters is 1. The van der Waals surface area contributed by atoms with Crippen molar-refractivity contribution in [2.75, 3.05) is 10.2 Å². The van der Waals surface area contributed by atoms with Crippen molar-refractivity contribution >= 4 is 75.4 Å². The summed E-state index contributed by atoms with van der Waals surface area (Å²) in [7, 11) is 0. The zero-order valence-electron chi connectivity index (χ0n) is 19.9. The number of carbonyl (C=O) groups is 4. The van der Waals surface area contributed by atoms with Crippen LogP contribution in [-0.2, 0) is 19.2 Å². The normalized spacial score (nSPS) is 11.9. The second-order valence-electron chi connectivity index (χ2n) is 8.65. The molecule has 13 heteroatoms. The van der Waals surface area contributed by atoms with Crippen LogP contribution in [-0.4, -0.2) is 34.5 Å². The first-order valence-corrected chi connectivity index (χ1v) is 11.4. The van der Waals surface area contributed by atoms with Crippen LogP contribution in [0.4, 0.5) is 17.1 Å². The molecular formula is C23H22Cl3N3O7. The number of rotatable bonds is 7. The Morgan fingerprint density at radius 2 is 1.56 bits per heavy atom. The highest BCUT2D eigenvalue weighted by Crippen LogP contribution is 2.39. The number of nitro groups is 1. The van der Waals surface area contributed by atoms with E-state index in [2.05, 4.69) is 5.32 Å². The lowest BCUT2D eigenvalue weighted by Gasteiger charge is -2.33. The van der Waals surface area contributed by atoms with Gasteiger partial charge in [-0.25, -0.2) is 0 Å². The van der Waals surface area contributed by atoms with Gasteiger partial charge < -0.3 is 10.1 Å². The number of benzene rings is 2. The maximum atomic E-state index is 13.4. The molecule has 0 radical (unpaired) electrons. The molecule has 0 aliphatic heterocycles. The Morgan fingerprint density at radius 3 is 2.00 bits per heavy atom. The fourth-order valence-corrected chi connectivity index (χ4v) is 3.84. The van der Waals surface area contributed by atoms with Crippen molar-refractivity contribution in [3.63, 3.8) is 0 Å². The van der Waals surface area contributed by atoms with E-state index in [0.29, 0.717) is 0 Å². The predicted molar refractivity (Wildman–Crippen MR) is 136 cm³/mol. The molecule has 0 aliphatic carbocycles. The van der Waals surface area contributed by atoms with E-state index < -0.39 is 39.9 Å². The first kappa shape index (κ1) is 29.0. The van der Waals surface area contributed by atoms with Gasteiger partial charge in [0.2, 0.25) is 5.91 Å². The van der Waals surface area contributed by atoms with Crippen molar-refractivity contribution in [3.8, 4) is 5.75 Å². The molecule has 0 aromatic heterocycles. The lowest BCUT2D eigenvalue weighted by Crippen LogP contribution is -2.54. The molecule has 2 aromatic carbocycles. The number of hydrogen-bond acceptors (Lipinski definition) is 7. The third kappa shape index (κ3) is 6.71. The monoisotopic (exact) mass is 557 g/mol. The van der Waals surface area contributed by atoms with E-state index in [1.54, 1.807) is 20.8 Å². The van der Waals surface area contributed by atoms with Gasteiger partial charge in [-0.15, -0.1) is 0 Å². The Balaban J connectivity index is 2.65. The van der Waals surface area contributed by atoms with Gasteiger partial charge >= 0.3 is 5.97 Å². The molecule has 1 N–H and O–H groups in total. The number of non-ortho nitro benzene ring substituents is 1. The zero-order chi connectivity index (χ0) is 27.5. The number of hydrogen-bond donors (Lipinski definition) is 1. The molecule has 0 heterocycles. The van der Waals surface area contributed by atoms with E-state index in [1.807, 2.05) is 0 Å². The highest BCUT2D eigenvalue weighted by atomic mass is 35.5. The smallest absolute Gasteiger partial charge is 0.308 e. The summed E-state index contributed by atoms with van der Waals surface area (Å²) in [6.07, 6.45) is 0. The van der Waals surface area contributed by atoms with Gasteiger partial charge in [0, 0.05) is 37.1 Å². The van der Waals surface area contributed by atoms with E-state index in [4.69, 9.17) is 39.5 Å². The Bertz CT molecular complexity index is 1230. The maximum Gasteiger partial charge on any atom is 0.308 e. The number of anilines is 2. The number of amides is 2. The Kier molecular flexibility index (Phi) is 9.06. The molecule has 0 spiro atoms. The lowest BCUT2D eigenvalue weighted by atomic mass is 9.85. The van der Waals surface area contributed by atoms with Crippen molar-refractivity contribution in [2.24, 2.45) is 5.41 Å².